The molecule has 0 spiro atoms. The Morgan fingerprint density at radius 2 is 0.900 bits per heavy atom. The molecular formula is C56H76O4. The molecule has 60 heavy (non-hydrogen) atoms. The van der Waals surface area contributed by atoms with Gasteiger partial charge in [-0.05, 0) is 275 Å². The van der Waals surface area contributed by atoms with Gasteiger partial charge in [-0.1, -0.05) is 13.0 Å². The largest absolute Gasteiger partial charge is 0.493 e. The fourth-order valence-electron chi connectivity index (χ4n) is 9.11. The number of rotatable bonds is 0. The summed E-state index contributed by atoms with van der Waals surface area (Å²) in [4.78, 5) is 0. The van der Waals surface area contributed by atoms with E-state index in [1.807, 2.05) is 0 Å². The van der Waals surface area contributed by atoms with Crippen molar-refractivity contribution in [3.05, 3.63) is 123 Å². The maximum absolute atomic E-state index is 5.98. The molecule has 4 aromatic rings. The van der Waals surface area contributed by atoms with Gasteiger partial charge in [0.2, 0.25) is 0 Å². The van der Waals surface area contributed by atoms with Crippen LogP contribution in [-0.2, 0) is 12.8 Å². The van der Waals surface area contributed by atoms with Gasteiger partial charge in [0.1, 0.15) is 35.7 Å². The second-order valence-corrected chi connectivity index (χ2v) is 18.6. The molecule has 0 aliphatic carbocycles. The van der Waals surface area contributed by atoms with E-state index in [0.29, 0.717) is 12.0 Å². The molecule has 0 aromatic heterocycles. The minimum absolute atomic E-state index is 0.192. The third-order valence-corrected chi connectivity index (χ3v) is 14.7. The molecular weight excluding hydrogens is 737 g/mol. The van der Waals surface area contributed by atoms with Crippen LogP contribution >= 0.6 is 0 Å². The topological polar surface area (TPSA) is 36.9 Å². The highest BCUT2D eigenvalue weighted by molar-refractivity contribution is 5.71. The number of benzene rings is 4. The van der Waals surface area contributed by atoms with Crippen LogP contribution in [0.25, 0.3) is 12.2 Å². The van der Waals surface area contributed by atoms with Crippen molar-refractivity contribution in [3.63, 3.8) is 0 Å². The lowest BCUT2D eigenvalue weighted by atomic mass is 9.87. The smallest absolute Gasteiger partial charge is 0.130 e. The molecule has 3 unspecified atom stereocenters. The fourth-order valence-corrected chi connectivity index (χ4v) is 9.11. The van der Waals surface area contributed by atoms with Crippen LogP contribution < -0.4 is 18.9 Å². The quantitative estimate of drug-likeness (QED) is 0.177. The summed E-state index contributed by atoms with van der Waals surface area (Å²) in [5, 5.41) is 0. The Morgan fingerprint density at radius 1 is 0.433 bits per heavy atom. The van der Waals surface area contributed by atoms with Crippen molar-refractivity contribution in [2.45, 2.75) is 170 Å². The van der Waals surface area contributed by atoms with E-state index in [1.54, 1.807) is 0 Å². The average molecular weight is 813 g/mol. The van der Waals surface area contributed by atoms with E-state index in [0.717, 1.165) is 42.6 Å². The Labute approximate surface area is 364 Å². The number of fused-ring (bicyclic) bond motifs is 4. The molecule has 4 aromatic carbocycles. The van der Waals surface area contributed by atoms with Crippen LogP contribution in [0.1, 0.15) is 145 Å². The Hall–Kier alpha value is -4.44. The molecule has 324 valence electrons. The Bertz CT molecular complexity index is 2290. The molecule has 4 heterocycles. The van der Waals surface area contributed by atoms with Crippen LogP contribution in [0.5, 0.6) is 23.0 Å². The molecule has 0 saturated carbocycles. The summed E-state index contributed by atoms with van der Waals surface area (Å²) in [5.41, 5.74) is 28.6. The van der Waals surface area contributed by atoms with E-state index >= 15 is 0 Å². The third-order valence-electron chi connectivity index (χ3n) is 14.7. The van der Waals surface area contributed by atoms with Gasteiger partial charge < -0.3 is 18.9 Å². The van der Waals surface area contributed by atoms with E-state index in [2.05, 4.69) is 157 Å². The SMILES string of the molecule is CC1=Cc2c(C)c(C)c(C)c(C)c2OC1.Cc1c(C)c(C)c2c(c1C)C=CC(C)O2.Cc1c(C)c(C)c2c(c1C)CC(C)CO2.Cc1c(C)c(C)c2c(c1C)CCC(C)O2. The van der Waals surface area contributed by atoms with Gasteiger partial charge in [-0.2, -0.15) is 0 Å². The van der Waals surface area contributed by atoms with Crippen molar-refractivity contribution in [1.29, 1.82) is 0 Å². The third kappa shape index (κ3) is 9.09. The zero-order valence-corrected chi connectivity index (χ0v) is 41.1. The highest BCUT2D eigenvalue weighted by atomic mass is 16.5. The molecule has 3 atom stereocenters. The summed E-state index contributed by atoms with van der Waals surface area (Å²) in [5.74, 6) is 5.13. The first-order valence-corrected chi connectivity index (χ1v) is 22.4. The number of hydrogen-bond donors (Lipinski definition) is 0. The normalized spacial score (nSPS) is 18.1. The first-order chi connectivity index (χ1) is 28.1. The van der Waals surface area contributed by atoms with E-state index in [1.165, 1.54) is 130 Å². The minimum Gasteiger partial charge on any atom is -0.493 e. The molecule has 0 saturated heterocycles. The second-order valence-electron chi connectivity index (χ2n) is 18.6. The van der Waals surface area contributed by atoms with Crippen molar-refractivity contribution < 1.29 is 18.9 Å². The van der Waals surface area contributed by atoms with Crippen molar-refractivity contribution in [2.75, 3.05) is 13.2 Å². The van der Waals surface area contributed by atoms with Crippen LogP contribution in [0.15, 0.2) is 11.6 Å². The van der Waals surface area contributed by atoms with E-state index in [-0.39, 0.29) is 6.10 Å². The Kier molecular flexibility index (Phi) is 14.5. The molecule has 4 aliphatic rings. The van der Waals surface area contributed by atoms with Crippen molar-refractivity contribution >= 4 is 12.2 Å². The summed E-state index contributed by atoms with van der Waals surface area (Å²) in [6, 6.07) is 0. The number of hydrogen-bond acceptors (Lipinski definition) is 4. The summed E-state index contributed by atoms with van der Waals surface area (Å²) in [6.07, 6.45) is 10.6. The van der Waals surface area contributed by atoms with Crippen molar-refractivity contribution in [3.8, 4) is 23.0 Å². The van der Waals surface area contributed by atoms with Gasteiger partial charge >= 0.3 is 0 Å². The molecule has 0 fully saturated rings. The molecule has 4 nitrogen and oxygen atoms in total. The maximum Gasteiger partial charge on any atom is 0.130 e. The summed E-state index contributed by atoms with van der Waals surface area (Å²) in [7, 11) is 0. The standard InChI is InChI=1S/C14H20O.C14H18O.C14H20O.C14H18O/c2*1-8-6-13-11(4)9(2)10(3)12(5)14(13)15-7-8;2*1-8-6-7-13-11(4)9(2)10(3)12(5)14(13)15-8/h8H,6-7H2,1-5H3;6H,7H2,1-5H3;8H,6-7H2,1-5H3;6-8H,1-5H3. The molecule has 0 amide bonds. The second kappa shape index (κ2) is 18.7. The van der Waals surface area contributed by atoms with E-state index in [4.69, 9.17) is 18.9 Å². The van der Waals surface area contributed by atoms with Gasteiger partial charge in [0.05, 0.1) is 12.7 Å². The van der Waals surface area contributed by atoms with Crippen LogP contribution in [0.4, 0.5) is 0 Å². The molecule has 4 heteroatoms. The van der Waals surface area contributed by atoms with Gasteiger partial charge in [-0.25, -0.2) is 0 Å². The zero-order chi connectivity index (χ0) is 44.7. The Morgan fingerprint density at radius 3 is 1.48 bits per heavy atom. The minimum atomic E-state index is 0.192. The highest BCUT2D eigenvalue weighted by Gasteiger charge is 2.25. The van der Waals surface area contributed by atoms with Crippen molar-refractivity contribution in [2.24, 2.45) is 5.92 Å². The van der Waals surface area contributed by atoms with Crippen LogP contribution in [0.3, 0.4) is 0 Å². The monoisotopic (exact) mass is 813 g/mol. The zero-order valence-electron chi connectivity index (χ0n) is 41.1. The van der Waals surface area contributed by atoms with Gasteiger partial charge in [-0.3, -0.25) is 0 Å². The predicted molar refractivity (Wildman–Crippen MR) is 257 cm³/mol. The predicted octanol–water partition coefficient (Wildman–Crippen LogP) is 14.6. The van der Waals surface area contributed by atoms with Gasteiger partial charge in [-0.15, -0.1) is 0 Å². The fraction of sp³-hybridized carbons (Fsp3) is 0.500. The summed E-state index contributed by atoms with van der Waals surface area (Å²) in [6.45, 7) is 45.2. The van der Waals surface area contributed by atoms with Gasteiger partial charge in [0.15, 0.2) is 0 Å². The van der Waals surface area contributed by atoms with Crippen molar-refractivity contribution in [1.82, 2.24) is 0 Å². The molecule has 8 rings (SSSR count). The number of ether oxygens (including phenoxy) is 4. The van der Waals surface area contributed by atoms with E-state index in [9.17, 15) is 0 Å². The van der Waals surface area contributed by atoms with Crippen LogP contribution in [0.2, 0.25) is 0 Å². The maximum atomic E-state index is 5.98. The van der Waals surface area contributed by atoms with Gasteiger partial charge in [0, 0.05) is 11.1 Å². The lowest BCUT2D eigenvalue weighted by molar-refractivity contribution is 0.190. The van der Waals surface area contributed by atoms with Gasteiger partial charge in [0.25, 0.3) is 0 Å². The van der Waals surface area contributed by atoms with E-state index < -0.39 is 0 Å². The molecule has 0 radical (unpaired) electrons. The van der Waals surface area contributed by atoms with Crippen LogP contribution in [-0.4, -0.2) is 25.4 Å². The average Bonchev–Trinajstić information content (AvgIpc) is 3.23. The first kappa shape index (κ1) is 46.6. The Balaban J connectivity index is 0.000000152. The molecule has 4 aliphatic heterocycles. The lowest BCUT2D eigenvalue weighted by Gasteiger charge is -2.28. The van der Waals surface area contributed by atoms with Crippen LogP contribution in [0, 0.1) is 117 Å². The summed E-state index contributed by atoms with van der Waals surface area (Å²) >= 11 is 0. The first-order valence-electron chi connectivity index (χ1n) is 22.4. The molecule has 0 N–H and O–H groups in total. The lowest BCUT2D eigenvalue weighted by Crippen LogP contribution is -2.21. The molecule has 0 bridgehead atoms. The highest BCUT2D eigenvalue weighted by Crippen LogP contribution is 2.40. The summed E-state index contributed by atoms with van der Waals surface area (Å²) < 4.78 is 23.6.